The fourth-order valence-electron chi connectivity index (χ4n) is 2.84. The molecule has 0 aliphatic heterocycles. The molecule has 0 radical (unpaired) electrons. The molecule has 0 spiro atoms. The molecule has 0 aliphatic rings. The Labute approximate surface area is 160 Å². The van der Waals surface area contributed by atoms with E-state index in [1.165, 1.54) is 13.2 Å². The van der Waals surface area contributed by atoms with Crippen LogP contribution in [-0.2, 0) is 6.54 Å². The highest BCUT2D eigenvalue weighted by atomic mass is 16.5. The molecule has 7 heteroatoms. The first-order valence-electron chi connectivity index (χ1n) is 8.63. The van der Waals surface area contributed by atoms with Crippen molar-refractivity contribution in [2.24, 2.45) is 0 Å². The van der Waals surface area contributed by atoms with Gasteiger partial charge in [-0.3, -0.25) is 14.3 Å². The van der Waals surface area contributed by atoms with Crippen molar-refractivity contribution in [1.29, 1.82) is 0 Å². The first-order valence-corrected chi connectivity index (χ1v) is 8.63. The molecule has 0 aliphatic carbocycles. The monoisotopic (exact) mass is 375 g/mol. The van der Waals surface area contributed by atoms with Crippen LogP contribution in [0.1, 0.15) is 16.1 Å². The predicted molar refractivity (Wildman–Crippen MR) is 105 cm³/mol. The van der Waals surface area contributed by atoms with Gasteiger partial charge in [-0.2, -0.15) is 5.10 Å². The predicted octanol–water partition coefficient (Wildman–Crippen LogP) is 3.30. The molecule has 0 atom stereocenters. The van der Waals surface area contributed by atoms with Crippen LogP contribution in [0.15, 0.2) is 76.1 Å². The molecule has 0 saturated carbocycles. The van der Waals surface area contributed by atoms with Crippen molar-refractivity contribution in [2.75, 3.05) is 12.4 Å². The molecule has 0 bridgehead atoms. The van der Waals surface area contributed by atoms with Gasteiger partial charge >= 0.3 is 0 Å². The lowest BCUT2D eigenvalue weighted by atomic mass is 10.2. The molecular formula is C21H17N3O4. The van der Waals surface area contributed by atoms with Gasteiger partial charge in [-0.1, -0.05) is 30.3 Å². The van der Waals surface area contributed by atoms with E-state index in [1.807, 2.05) is 30.3 Å². The number of hydrogen-bond donors (Lipinski definition) is 1. The molecule has 7 nitrogen and oxygen atoms in total. The van der Waals surface area contributed by atoms with Crippen molar-refractivity contribution < 1.29 is 13.9 Å². The Balaban J connectivity index is 1.54. The third kappa shape index (κ3) is 3.64. The minimum atomic E-state index is -0.549. The van der Waals surface area contributed by atoms with Gasteiger partial charge in [0.2, 0.25) is 0 Å². The number of nitrogens with zero attached hydrogens (tertiary/aromatic N) is 2. The van der Waals surface area contributed by atoms with E-state index >= 15 is 0 Å². The van der Waals surface area contributed by atoms with Crippen LogP contribution in [0.25, 0.3) is 11.0 Å². The van der Waals surface area contributed by atoms with Crippen LogP contribution >= 0.6 is 0 Å². The summed E-state index contributed by atoms with van der Waals surface area (Å²) in [6.45, 7) is 0.585. The van der Waals surface area contributed by atoms with Gasteiger partial charge in [0.15, 0.2) is 17.0 Å². The van der Waals surface area contributed by atoms with Gasteiger partial charge in [-0.15, -0.1) is 0 Å². The van der Waals surface area contributed by atoms with Crippen molar-refractivity contribution in [3.63, 3.8) is 0 Å². The summed E-state index contributed by atoms with van der Waals surface area (Å²) in [5.41, 5.74) is 1.08. The van der Waals surface area contributed by atoms with Crippen molar-refractivity contribution in [1.82, 2.24) is 9.78 Å². The van der Waals surface area contributed by atoms with E-state index in [9.17, 15) is 9.59 Å². The minimum Gasteiger partial charge on any atom is -0.497 e. The van der Waals surface area contributed by atoms with Gasteiger partial charge in [0.1, 0.15) is 11.3 Å². The summed E-state index contributed by atoms with van der Waals surface area (Å²) in [5.74, 6) is 0.261. The standard InChI is InChI=1S/C21H17N3O4/c1-27-15-7-8-16-17(25)12-19(28-18(16)11-15)21(26)22-20-9-10-24(23-20)13-14-5-3-2-4-6-14/h2-12H,13H2,1H3,(H,22,23,26). The number of nitrogens with one attached hydrogen (secondary N) is 1. The van der Waals surface area contributed by atoms with E-state index in [-0.39, 0.29) is 16.8 Å². The summed E-state index contributed by atoms with van der Waals surface area (Å²) in [7, 11) is 1.52. The zero-order chi connectivity index (χ0) is 19.5. The Morgan fingerprint density at radius 3 is 2.75 bits per heavy atom. The average Bonchev–Trinajstić information content (AvgIpc) is 3.14. The summed E-state index contributed by atoms with van der Waals surface area (Å²) in [5, 5.41) is 7.36. The Morgan fingerprint density at radius 2 is 1.96 bits per heavy atom. The second-order valence-electron chi connectivity index (χ2n) is 6.18. The highest BCUT2D eigenvalue weighted by Gasteiger charge is 2.14. The van der Waals surface area contributed by atoms with E-state index in [0.29, 0.717) is 23.5 Å². The number of hydrogen-bond acceptors (Lipinski definition) is 5. The van der Waals surface area contributed by atoms with Crippen molar-refractivity contribution >= 4 is 22.7 Å². The zero-order valence-corrected chi connectivity index (χ0v) is 15.1. The fourth-order valence-corrected chi connectivity index (χ4v) is 2.84. The third-order valence-electron chi connectivity index (χ3n) is 4.23. The zero-order valence-electron chi connectivity index (χ0n) is 15.1. The maximum Gasteiger partial charge on any atom is 0.292 e. The van der Waals surface area contributed by atoms with Gasteiger partial charge in [0.05, 0.1) is 19.0 Å². The molecule has 1 N–H and O–H groups in total. The van der Waals surface area contributed by atoms with Crippen LogP contribution in [0.5, 0.6) is 5.75 Å². The largest absolute Gasteiger partial charge is 0.497 e. The van der Waals surface area contributed by atoms with Crippen LogP contribution in [0.4, 0.5) is 5.82 Å². The molecular weight excluding hydrogens is 358 g/mol. The molecule has 0 unspecified atom stereocenters. The summed E-state index contributed by atoms with van der Waals surface area (Å²) in [4.78, 5) is 24.8. The molecule has 0 fully saturated rings. The number of carbonyl (C=O) groups is 1. The van der Waals surface area contributed by atoms with Gasteiger partial charge in [-0.05, 0) is 17.7 Å². The third-order valence-corrected chi connectivity index (χ3v) is 4.23. The van der Waals surface area contributed by atoms with E-state index < -0.39 is 5.91 Å². The molecule has 4 rings (SSSR count). The molecule has 4 aromatic rings. The number of rotatable bonds is 5. The van der Waals surface area contributed by atoms with Crippen LogP contribution in [0, 0.1) is 0 Å². The Morgan fingerprint density at radius 1 is 1.14 bits per heavy atom. The van der Waals surface area contributed by atoms with Crippen molar-refractivity contribution in [2.45, 2.75) is 6.54 Å². The van der Waals surface area contributed by atoms with E-state index in [0.717, 1.165) is 5.56 Å². The molecule has 2 heterocycles. The highest BCUT2D eigenvalue weighted by molar-refractivity contribution is 6.02. The Bertz CT molecular complexity index is 1200. The summed E-state index contributed by atoms with van der Waals surface area (Å²) < 4.78 is 12.4. The van der Waals surface area contributed by atoms with Crippen LogP contribution in [-0.4, -0.2) is 22.8 Å². The Kier molecular flexibility index (Phi) is 4.63. The smallest absolute Gasteiger partial charge is 0.292 e. The number of methoxy groups -OCH3 is 1. The second kappa shape index (κ2) is 7.40. The van der Waals surface area contributed by atoms with E-state index in [4.69, 9.17) is 9.15 Å². The molecule has 2 aromatic carbocycles. The first kappa shape index (κ1) is 17.5. The summed E-state index contributed by atoms with van der Waals surface area (Å²) in [6, 6.07) is 17.6. The van der Waals surface area contributed by atoms with E-state index in [2.05, 4.69) is 10.4 Å². The van der Waals surface area contributed by atoms with Gasteiger partial charge in [0.25, 0.3) is 5.91 Å². The lowest BCUT2D eigenvalue weighted by molar-refractivity contribution is 0.0996. The molecule has 0 saturated heterocycles. The number of benzene rings is 2. The topological polar surface area (TPSA) is 86.4 Å². The summed E-state index contributed by atoms with van der Waals surface area (Å²) >= 11 is 0. The maximum absolute atomic E-state index is 12.5. The van der Waals surface area contributed by atoms with Gasteiger partial charge in [-0.25, -0.2) is 0 Å². The van der Waals surface area contributed by atoms with Crippen molar-refractivity contribution in [3.8, 4) is 5.75 Å². The van der Waals surface area contributed by atoms with Gasteiger partial charge < -0.3 is 14.5 Å². The molecule has 140 valence electrons. The first-order chi connectivity index (χ1) is 13.6. The number of amides is 1. The Hall–Kier alpha value is -3.87. The lowest BCUT2D eigenvalue weighted by Gasteiger charge is -2.05. The summed E-state index contributed by atoms with van der Waals surface area (Å²) in [6.07, 6.45) is 1.77. The van der Waals surface area contributed by atoms with Gasteiger partial charge in [0, 0.05) is 24.4 Å². The highest BCUT2D eigenvalue weighted by Crippen LogP contribution is 2.20. The fraction of sp³-hybridized carbons (Fsp3) is 0.0952. The maximum atomic E-state index is 12.5. The number of anilines is 1. The second-order valence-corrected chi connectivity index (χ2v) is 6.18. The number of fused-ring (bicyclic) bond motifs is 1. The van der Waals surface area contributed by atoms with E-state index in [1.54, 1.807) is 35.1 Å². The molecule has 1 amide bonds. The normalized spacial score (nSPS) is 10.8. The van der Waals surface area contributed by atoms with Crippen LogP contribution in [0.2, 0.25) is 0 Å². The number of ether oxygens (including phenoxy) is 1. The molecule has 2 aromatic heterocycles. The minimum absolute atomic E-state index is 0.0941. The number of aromatic nitrogens is 2. The average molecular weight is 375 g/mol. The number of carbonyl (C=O) groups excluding carboxylic acids is 1. The lowest BCUT2D eigenvalue weighted by Crippen LogP contribution is -2.15. The molecule has 28 heavy (non-hydrogen) atoms. The SMILES string of the molecule is COc1ccc2c(=O)cc(C(=O)Nc3ccn(Cc4ccccc4)n3)oc2c1. The van der Waals surface area contributed by atoms with Crippen LogP contribution in [0.3, 0.4) is 0 Å². The quantitative estimate of drug-likeness (QED) is 0.578. The van der Waals surface area contributed by atoms with Crippen molar-refractivity contribution in [3.05, 3.63) is 88.4 Å². The van der Waals surface area contributed by atoms with Crippen LogP contribution < -0.4 is 15.5 Å².